The highest BCUT2D eigenvalue weighted by Crippen LogP contribution is 2.32. The van der Waals surface area contributed by atoms with Crippen LogP contribution in [0.3, 0.4) is 0 Å². The molecule has 0 atom stereocenters. The number of furan rings is 1. The molecule has 4 rings (SSSR count). The first kappa shape index (κ1) is 27.4. The summed E-state index contributed by atoms with van der Waals surface area (Å²) in [6.07, 6.45) is 1.48. The topological polar surface area (TPSA) is 115 Å². The van der Waals surface area contributed by atoms with E-state index < -0.39 is 21.8 Å². The van der Waals surface area contributed by atoms with Gasteiger partial charge in [-0.25, -0.2) is 4.39 Å². The molecule has 0 fully saturated rings. The van der Waals surface area contributed by atoms with Crippen LogP contribution in [-0.4, -0.2) is 32.2 Å². The summed E-state index contributed by atoms with van der Waals surface area (Å²) < 4.78 is 55.9. The third-order valence-corrected chi connectivity index (χ3v) is 6.80. The maximum atomic E-state index is 13.8. The fourth-order valence-electron chi connectivity index (χ4n) is 3.77. The first-order chi connectivity index (χ1) is 18.6. The Kier molecular flexibility index (Phi) is 8.30. The van der Waals surface area contributed by atoms with Crippen molar-refractivity contribution in [1.29, 1.82) is 0 Å². The van der Waals surface area contributed by atoms with Gasteiger partial charge in [0.05, 0.1) is 19.9 Å². The summed E-state index contributed by atoms with van der Waals surface area (Å²) in [5, 5.41) is 2.56. The van der Waals surface area contributed by atoms with Crippen LogP contribution in [0.1, 0.15) is 28.6 Å². The van der Waals surface area contributed by atoms with Gasteiger partial charge in [0.15, 0.2) is 11.5 Å². The van der Waals surface area contributed by atoms with E-state index in [2.05, 4.69) is 5.32 Å². The number of hydrogen-bond donors (Lipinski definition) is 1. The minimum absolute atomic E-state index is 0.0296. The predicted molar refractivity (Wildman–Crippen MR) is 140 cm³/mol. The maximum absolute atomic E-state index is 13.8. The SMILES string of the molecule is COc1ccc(CN(Cc2ccco2)C(=O)c2cccc(F)c2)cc1OS(=O)(=O)c1ccc(NC(C)=O)cc1. The van der Waals surface area contributed by atoms with Crippen molar-refractivity contribution in [3.05, 3.63) is 108 Å². The van der Waals surface area contributed by atoms with Gasteiger partial charge in [-0.1, -0.05) is 12.1 Å². The maximum Gasteiger partial charge on any atom is 0.339 e. The summed E-state index contributed by atoms with van der Waals surface area (Å²) in [6.45, 7) is 1.46. The Bertz CT molecular complexity index is 1570. The lowest BCUT2D eigenvalue weighted by Gasteiger charge is -2.23. The summed E-state index contributed by atoms with van der Waals surface area (Å²) in [7, 11) is -2.90. The Morgan fingerprint density at radius 3 is 2.36 bits per heavy atom. The monoisotopic (exact) mass is 552 g/mol. The number of amides is 2. The smallest absolute Gasteiger partial charge is 0.339 e. The molecule has 0 saturated carbocycles. The van der Waals surface area contributed by atoms with Gasteiger partial charge >= 0.3 is 10.1 Å². The number of anilines is 1. The van der Waals surface area contributed by atoms with Crippen LogP contribution in [0.5, 0.6) is 11.5 Å². The number of rotatable bonds is 10. The molecule has 1 heterocycles. The highest BCUT2D eigenvalue weighted by molar-refractivity contribution is 7.87. The van der Waals surface area contributed by atoms with Gasteiger partial charge in [-0.15, -0.1) is 0 Å². The Morgan fingerprint density at radius 1 is 0.949 bits per heavy atom. The van der Waals surface area contributed by atoms with Gasteiger partial charge in [0.25, 0.3) is 5.91 Å². The van der Waals surface area contributed by atoms with Gasteiger partial charge in [-0.2, -0.15) is 8.42 Å². The first-order valence-corrected chi connectivity index (χ1v) is 13.1. The molecular formula is C28H25FN2O7S. The number of nitrogens with one attached hydrogen (secondary N) is 1. The molecule has 0 spiro atoms. The molecule has 0 bridgehead atoms. The zero-order valence-corrected chi connectivity index (χ0v) is 21.9. The highest BCUT2D eigenvalue weighted by Gasteiger charge is 2.22. The van der Waals surface area contributed by atoms with Crippen molar-refractivity contribution in [3.63, 3.8) is 0 Å². The number of halogens is 1. The number of carbonyl (C=O) groups is 2. The second-order valence-electron chi connectivity index (χ2n) is 8.48. The Labute approximate surface area is 224 Å². The Balaban J connectivity index is 1.61. The number of benzene rings is 3. The van der Waals surface area contributed by atoms with Crippen LogP contribution >= 0.6 is 0 Å². The van der Waals surface area contributed by atoms with E-state index in [4.69, 9.17) is 13.3 Å². The Hall–Kier alpha value is -4.64. The average Bonchev–Trinajstić information content (AvgIpc) is 3.41. The summed E-state index contributed by atoms with van der Waals surface area (Å²) in [6, 6.07) is 18.9. The third-order valence-electron chi connectivity index (χ3n) is 5.55. The van der Waals surface area contributed by atoms with E-state index in [0.717, 1.165) is 6.07 Å². The fraction of sp³-hybridized carbons (Fsp3) is 0.143. The number of ether oxygens (including phenoxy) is 1. The van der Waals surface area contributed by atoms with E-state index in [1.165, 1.54) is 79.8 Å². The van der Waals surface area contributed by atoms with Crippen molar-refractivity contribution >= 4 is 27.6 Å². The van der Waals surface area contributed by atoms with Gasteiger partial charge in [-0.05, 0) is 72.3 Å². The van der Waals surface area contributed by atoms with Crippen molar-refractivity contribution in [2.75, 3.05) is 12.4 Å². The quantitative estimate of drug-likeness (QED) is 0.276. The summed E-state index contributed by atoms with van der Waals surface area (Å²) in [5.74, 6) is -0.705. The average molecular weight is 553 g/mol. The van der Waals surface area contributed by atoms with E-state index in [1.54, 1.807) is 18.2 Å². The molecule has 0 aliphatic heterocycles. The summed E-state index contributed by atoms with van der Waals surface area (Å²) in [5.41, 5.74) is 1.11. The number of nitrogens with zero attached hydrogens (tertiary/aromatic N) is 1. The lowest BCUT2D eigenvalue weighted by Crippen LogP contribution is -2.30. The molecule has 1 aromatic heterocycles. The Morgan fingerprint density at radius 2 is 1.72 bits per heavy atom. The van der Waals surface area contributed by atoms with E-state index in [1.807, 2.05) is 0 Å². The molecule has 202 valence electrons. The van der Waals surface area contributed by atoms with E-state index in [-0.39, 0.29) is 41.0 Å². The van der Waals surface area contributed by atoms with E-state index in [0.29, 0.717) is 17.0 Å². The second-order valence-corrected chi connectivity index (χ2v) is 10.0. The number of methoxy groups -OCH3 is 1. The molecule has 0 aliphatic rings. The van der Waals surface area contributed by atoms with Crippen LogP contribution in [0.4, 0.5) is 10.1 Å². The normalized spacial score (nSPS) is 11.1. The summed E-state index contributed by atoms with van der Waals surface area (Å²) in [4.78, 5) is 25.8. The lowest BCUT2D eigenvalue weighted by molar-refractivity contribution is -0.114. The van der Waals surface area contributed by atoms with E-state index in [9.17, 15) is 22.4 Å². The van der Waals surface area contributed by atoms with Crippen molar-refractivity contribution in [3.8, 4) is 11.5 Å². The molecule has 0 radical (unpaired) electrons. The van der Waals surface area contributed by atoms with Crippen LogP contribution in [-0.2, 0) is 28.0 Å². The van der Waals surface area contributed by atoms with Gasteiger partial charge in [0.1, 0.15) is 16.5 Å². The first-order valence-electron chi connectivity index (χ1n) is 11.7. The molecule has 1 N–H and O–H groups in total. The zero-order valence-electron chi connectivity index (χ0n) is 21.1. The molecule has 9 nitrogen and oxygen atoms in total. The van der Waals surface area contributed by atoms with Crippen molar-refractivity contribution in [2.24, 2.45) is 0 Å². The fourth-order valence-corrected chi connectivity index (χ4v) is 4.71. The second kappa shape index (κ2) is 11.8. The van der Waals surface area contributed by atoms with Gasteiger partial charge in [0.2, 0.25) is 5.91 Å². The molecule has 0 unspecified atom stereocenters. The van der Waals surface area contributed by atoms with Gasteiger partial charge in [-0.3, -0.25) is 9.59 Å². The van der Waals surface area contributed by atoms with Crippen LogP contribution in [0, 0.1) is 5.82 Å². The zero-order chi connectivity index (χ0) is 28.0. The van der Waals surface area contributed by atoms with Crippen LogP contribution < -0.4 is 14.2 Å². The largest absolute Gasteiger partial charge is 0.493 e. The molecule has 39 heavy (non-hydrogen) atoms. The van der Waals surface area contributed by atoms with Crippen molar-refractivity contribution in [2.45, 2.75) is 24.9 Å². The molecule has 11 heteroatoms. The standard InChI is InChI=1S/C28H25FN2O7S/c1-19(32)30-23-9-11-25(12-10-23)39(34,35)38-27-15-20(8-13-26(27)36-2)17-31(18-24-7-4-14-37-24)28(33)21-5-3-6-22(29)16-21/h3-16H,17-18H2,1-2H3,(H,30,32). The van der Waals surface area contributed by atoms with Gasteiger partial charge < -0.3 is 23.6 Å². The third kappa shape index (κ3) is 7.02. The van der Waals surface area contributed by atoms with Crippen LogP contribution in [0.25, 0.3) is 0 Å². The predicted octanol–water partition coefficient (Wildman–Crippen LogP) is 5.00. The number of hydrogen-bond acceptors (Lipinski definition) is 7. The molecular weight excluding hydrogens is 527 g/mol. The molecule has 3 aromatic carbocycles. The number of carbonyl (C=O) groups excluding carboxylic acids is 2. The minimum Gasteiger partial charge on any atom is -0.493 e. The summed E-state index contributed by atoms with van der Waals surface area (Å²) >= 11 is 0. The van der Waals surface area contributed by atoms with Crippen molar-refractivity contribution < 1.29 is 35.7 Å². The van der Waals surface area contributed by atoms with Crippen LogP contribution in [0.2, 0.25) is 0 Å². The van der Waals surface area contributed by atoms with Gasteiger partial charge in [0, 0.05) is 24.7 Å². The van der Waals surface area contributed by atoms with E-state index >= 15 is 0 Å². The molecule has 2 amide bonds. The molecule has 4 aromatic rings. The molecule has 0 aliphatic carbocycles. The van der Waals surface area contributed by atoms with Crippen molar-refractivity contribution in [1.82, 2.24) is 4.90 Å². The van der Waals surface area contributed by atoms with Crippen LogP contribution in [0.15, 0.2) is 94.4 Å². The molecule has 0 saturated heterocycles. The highest BCUT2D eigenvalue weighted by atomic mass is 32.2. The minimum atomic E-state index is -4.27. The lowest BCUT2D eigenvalue weighted by atomic mass is 10.1.